The van der Waals surface area contributed by atoms with E-state index < -0.39 is 42.6 Å². The van der Waals surface area contributed by atoms with Gasteiger partial charge in [-0.1, -0.05) is 0 Å². The normalized spacial score (nSPS) is 15.2. The Kier molecular flexibility index (Phi) is 7.78. The Hall–Kier alpha value is -2.18. The summed E-state index contributed by atoms with van der Waals surface area (Å²) in [6.07, 6.45) is -1.62. The number of H-pyrrole nitrogens is 3. The number of aromatic amines is 3. The Labute approximate surface area is 162 Å². The first-order valence-electron chi connectivity index (χ1n) is 8.05. The van der Waals surface area contributed by atoms with Gasteiger partial charge in [-0.25, -0.2) is 9.59 Å². The van der Waals surface area contributed by atoms with Gasteiger partial charge in [0.05, 0.1) is 23.7 Å². The van der Waals surface area contributed by atoms with Crippen molar-refractivity contribution in [1.29, 1.82) is 0 Å². The van der Waals surface area contributed by atoms with Gasteiger partial charge in [-0.15, -0.1) is 4.52 Å². The maximum Gasteiger partial charge on any atom is 0.585 e. The number of rotatable bonds is 10. The van der Waals surface area contributed by atoms with Crippen molar-refractivity contribution in [2.24, 2.45) is 0 Å². The highest BCUT2D eigenvalue weighted by Gasteiger charge is 2.27. The number of aliphatic hydroxyl groups excluding tert-OH is 1. The van der Waals surface area contributed by atoms with Gasteiger partial charge in [-0.3, -0.25) is 19.3 Å². The van der Waals surface area contributed by atoms with E-state index in [4.69, 9.17) is 9.26 Å². The lowest BCUT2D eigenvalue weighted by molar-refractivity contribution is -0.117. The summed E-state index contributed by atoms with van der Waals surface area (Å²) in [5.41, 5.74) is -1.70. The summed E-state index contributed by atoms with van der Waals surface area (Å²) in [6, 6.07) is 1.12. The summed E-state index contributed by atoms with van der Waals surface area (Å²) in [5.74, 6) is -0.276. The molecule has 12 nitrogen and oxygen atoms in total. The van der Waals surface area contributed by atoms with Gasteiger partial charge < -0.3 is 19.9 Å². The molecule has 0 aromatic carbocycles. The molecular weight excluding hydrogens is 415 g/mol. The zero-order valence-electron chi connectivity index (χ0n) is 14.9. The van der Waals surface area contributed by atoms with Crippen LogP contribution in [0.5, 0.6) is 5.88 Å². The number of hydrogen-bond donors (Lipinski definition) is 5. The van der Waals surface area contributed by atoms with Gasteiger partial charge in [0, 0.05) is 12.3 Å². The molecule has 4 unspecified atom stereocenters. The van der Waals surface area contributed by atoms with Crippen molar-refractivity contribution < 1.29 is 24.0 Å². The van der Waals surface area contributed by atoms with Crippen LogP contribution in [0.2, 0.25) is 0 Å². The Morgan fingerprint density at radius 1 is 1.25 bits per heavy atom. The molecule has 0 fully saturated rings. The summed E-state index contributed by atoms with van der Waals surface area (Å²) in [4.78, 5) is 40.6. The number of ether oxygens (including phenoxy) is 1. The Bertz CT molecular complexity index is 980. The maximum absolute atomic E-state index is 11.9. The number of nitrogens with one attached hydrogen (secondary N) is 3. The molecule has 0 bridgehead atoms. The Balaban J connectivity index is 1.88. The summed E-state index contributed by atoms with van der Waals surface area (Å²) in [5, 5.41) is 19.3. The predicted molar refractivity (Wildman–Crippen MR) is 101 cm³/mol. The first-order chi connectivity index (χ1) is 13.2. The van der Waals surface area contributed by atoms with Crippen LogP contribution in [-0.4, -0.2) is 48.5 Å². The average Bonchev–Trinajstić information content (AvgIpc) is 2.93. The van der Waals surface area contributed by atoms with Crippen LogP contribution in [0.1, 0.15) is 25.8 Å². The van der Waals surface area contributed by atoms with Crippen molar-refractivity contribution in [3.05, 3.63) is 49.3 Å². The summed E-state index contributed by atoms with van der Waals surface area (Å²) in [6.45, 7) is 2.89. The fourth-order valence-corrected chi connectivity index (χ4v) is 4.11. The molecule has 2 aromatic heterocycles. The number of nitrogens with zero attached hydrogens (tertiary/aromatic N) is 1. The molecule has 0 saturated carbocycles. The van der Waals surface area contributed by atoms with Gasteiger partial charge >= 0.3 is 18.6 Å². The van der Waals surface area contributed by atoms with Crippen LogP contribution in [-0.2, 0) is 19.6 Å². The highest BCUT2D eigenvalue weighted by molar-refractivity contribution is 8.49. The van der Waals surface area contributed by atoms with Crippen molar-refractivity contribution >= 4 is 18.6 Å². The molecule has 28 heavy (non-hydrogen) atoms. The fourth-order valence-electron chi connectivity index (χ4n) is 2.15. The summed E-state index contributed by atoms with van der Waals surface area (Å²) >= 11 is 0.862. The molecule has 0 amide bonds. The minimum Gasteiger partial charge on any atom is -0.493 e. The highest BCUT2D eigenvalue weighted by Crippen LogP contribution is 2.41. The van der Waals surface area contributed by atoms with Crippen LogP contribution < -0.4 is 16.9 Å². The molecule has 0 aliphatic heterocycles. The van der Waals surface area contributed by atoms with Crippen LogP contribution in [0.25, 0.3) is 0 Å². The largest absolute Gasteiger partial charge is 0.585 e. The molecule has 0 spiro atoms. The first-order valence-corrected chi connectivity index (χ1v) is 10.8. The van der Waals surface area contributed by atoms with E-state index in [1.54, 1.807) is 6.92 Å². The van der Waals surface area contributed by atoms with Crippen molar-refractivity contribution in [2.45, 2.75) is 38.0 Å². The molecule has 0 aliphatic carbocycles. The second-order valence-corrected chi connectivity index (χ2v) is 8.72. The molecule has 154 valence electrons. The van der Waals surface area contributed by atoms with Gasteiger partial charge in [0.2, 0.25) is 5.88 Å². The molecule has 2 rings (SSSR count). The number of hydrogen-bond acceptors (Lipinski definition) is 9. The van der Waals surface area contributed by atoms with Crippen molar-refractivity contribution in [2.75, 3.05) is 6.61 Å². The van der Waals surface area contributed by atoms with E-state index in [1.807, 2.05) is 0 Å². The van der Waals surface area contributed by atoms with E-state index in [9.17, 15) is 29.2 Å². The van der Waals surface area contributed by atoms with Crippen molar-refractivity contribution in [3.8, 4) is 5.88 Å². The lowest BCUT2D eigenvalue weighted by atomic mass is 10.3. The molecule has 0 radical (unpaired) electrons. The maximum atomic E-state index is 11.9. The number of imidazole rings is 1. The molecule has 14 heteroatoms. The van der Waals surface area contributed by atoms with Crippen LogP contribution in [0, 0.1) is 0 Å². The summed E-state index contributed by atoms with van der Waals surface area (Å²) < 4.78 is 23.7. The molecule has 0 saturated heterocycles. The van der Waals surface area contributed by atoms with Gasteiger partial charge in [0.15, 0.2) is 17.6 Å². The van der Waals surface area contributed by atoms with Crippen LogP contribution in [0.4, 0.5) is 0 Å². The zero-order chi connectivity index (χ0) is 20.8. The zero-order valence-corrected chi connectivity index (χ0v) is 16.7. The third-order valence-electron chi connectivity index (χ3n) is 3.42. The van der Waals surface area contributed by atoms with Gasteiger partial charge in [-0.05, 0) is 18.4 Å². The third-order valence-corrected chi connectivity index (χ3v) is 5.75. The van der Waals surface area contributed by atoms with Crippen molar-refractivity contribution in [3.63, 3.8) is 0 Å². The lowest BCUT2D eigenvalue weighted by Crippen LogP contribution is -2.38. The topological polar surface area (TPSA) is 180 Å². The minimum atomic E-state index is -2.18. The van der Waals surface area contributed by atoms with E-state index in [2.05, 4.69) is 15.0 Å². The summed E-state index contributed by atoms with van der Waals surface area (Å²) in [7, 11) is -2.18. The molecule has 0 aliphatic rings. The number of aromatic hydroxyl groups is 1. The molecule has 4 atom stereocenters. The standard InChI is InChI=1S/C14H19N4O8PS/c1-7(5-25-27(24)28-6-9-11(21)17-13(22)15-9)26-12(8(2)19)18-4-3-10(20)16-14(18)23/h3-4,7-8,12,19H,5-6H2,1-2H3,(H3-,15,16,17,20,21,22,23)/p+1. The van der Waals surface area contributed by atoms with E-state index in [0.29, 0.717) is 0 Å². The van der Waals surface area contributed by atoms with Crippen molar-refractivity contribution in [1.82, 2.24) is 19.5 Å². The lowest BCUT2D eigenvalue weighted by Gasteiger charge is -2.25. The minimum absolute atomic E-state index is 0.0537. The first kappa shape index (κ1) is 22.1. The SMILES string of the molecule is CC(CO[P+](=O)SCc1[nH]c(=O)[nH]c1O)OC(C(C)O)n1ccc(=O)[nH]c1=O. The average molecular weight is 435 g/mol. The quantitative estimate of drug-likeness (QED) is 0.325. The fraction of sp³-hybridized carbons (Fsp3) is 0.500. The van der Waals surface area contributed by atoms with E-state index >= 15 is 0 Å². The van der Waals surface area contributed by atoms with Crippen LogP contribution in [0.3, 0.4) is 0 Å². The second-order valence-electron chi connectivity index (χ2n) is 5.79. The molecule has 2 aromatic rings. The van der Waals surface area contributed by atoms with Crippen LogP contribution in [0.15, 0.2) is 26.6 Å². The van der Waals surface area contributed by atoms with Gasteiger partial charge in [0.1, 0.15) is 6.61 Å². The monoisotopic (exact) mass is 435 g/mol. The smallest absolute Gasteiger partial charge is 0.493 e. The third kappa shape index (κ3) is 6.17. The van der Waals surface area contributed by atoms with E-state index in [-0.39, 0.29) is 23.9 Å². The van der Waals surface area contributed by atoms with Gasteiger partial charge in [0.25, 0.3) is 5.56 Å². The number of aliphatic hydroxyl groups is 1. The molecule has 5 N–H and O–H groups in total. The number of aromatic nitrogens is 4. The highest BCUT2D eigenvalue weighted by atomic mass is 32.7. The van der Waals surface area contributed by atoms with Gasteiger partial charge in [-0.2, -0.15) is 0 Å². The van der Waals surface area contributed by atoms with E-state index in [1.165, 1.54) is 13.1 Å². The Morgan fingerprint density at radius 2 is 1.96 bits per heavy atom. The molecule has 2 heterocycles. The Morgan fingerprint density at radius 3 is 2.54 bits per heavy atom. The van der Waals surface area contributed by atoms with Crippen LogP contribution >= 0.6 is 18.6 Å². The van der Waals surface area contributed by atoms with E-state index in [0.717, 1.165) is 22.0 Å². The predicted octanol–water partition coefficient (Wildman–Crippen LogP) is 0.151. The second kappa shape index (κ2) is 9.85. The molecular formula is C14H20N4O8PS+.